The van der Waals surface area contributed by atoms with Crippen molar-refractivity contribution in [3.05, 3.63) is 83.5 Å². The molecule has 3 heterocycles. The molecule has 0 bridgehead atoms. The van der Waals surface area contributed by atoms with Crippen LogP contribution < -0.4 is 5.32 Å². The van der Waals surface area contributed by atoms with Gasteiger partial charge < -0.3 is 14.3 Å². The zero-order valence-corrected chi connectivity index (χ0v) is 18.3. The Balaban J connectivity index is 1.52. The summed E-state index contributed by atoms with van der Waals surface area (Å²) in [5.41, 5.74) is 2.73. The van der Waals surface area contributed by atoms with Crippen molar-refractivity contribution in [1.29, 1.82) is 5.26 Å². The summed E-state index contributed by atoms with van der Waals surface area (Å²) in [5, 5.41) is 13.1. The Hall–Kier alpha value is -3.77. The van der Waals surface area contributed by atoms with E-state index in [9.17, 15) is 14.4 Å². The number of benzene rings is 1. The molecule has 0 atom stereocenters. The predicted molar refractivity (Wildman–Crippen MR) is 119 cm³/mol. The lowest BCUT2D eigenvalue weighted by Gasteiger charge is -2.12. The lowest BCUT2D eigenvalue weighted by atomic mass is 10.2. The zero-order valence-electron chi connectivity index (χ0n) is 17.5. The summed E-state index contributed by atoms with van der Waals surface area (Å²) in [5.74, 6) is 0.601. The number of nitrogens with one attached hydrogen (secondary N) is 1. The summed E-state index contributed by atoms with van der Waals surface area (Å²) in [7, 11) is 0. The minimum atomic E-state index is -0.350. The van der Waals surface area contributed by atoms with Crippen molar-refractivity contribution in [3.8, 4) is 11.8 Å². The molecule has 0 aliphatic rings. The number of carbonyl (C=O) groups is 1. The molecule has 0 aliphatic heterocycles. The third-order valence-electron chi connectivity index (χ3n) is 5.12. The number of nitrogens with zero attached hydrogens (tertiary/aromatic N) is 4. The van der Waals surface area contributed by atoms with Crippen LogP contribution in [0.15, 0.2) is 64.6 Å². The normalized spacial score (nSPS) is 10.8. The van der Waals surface area contributed by atoms with Gasteiger partial charge in [-0.05, 0) is 49.7 Å². The molecule has 7 nitrogen and oxygen atoms in total. The SMILES string of the molecule is Cc1c(C#N)c(NC(=O)CSc2nccn2-c2cccc(F)c2)n(Cc2ccco2)c1C. The second kappa shape index (κ2) is 9.16. The number of halogens is 1. The van der Waals surface area contributed by atoms with E-state index in [4.69, 9.17) is 4.42 Å². The molecule has 0 fully saturated rings. The molecule has 3 aromatic heterocycles. The highest BCUT2D eigenvalue weighted by atomic mass is 32.2. The Morgan fingerprint density at radius 3 is 2.88 bits per heavy atom. The molecule has 0 aliphatic carbocycles. The van der Waals surface area contributed by atoms with Crippen LogP contribution in [0.2, 0.25) is 0 Å². The zero-order chi connectivity index (χ0) is 22.7. The molecule has 4 aromatic rings. The quantitative estimate of drug-likeness (QED) is 0.414. The van der Waals surface area contributed by atoms with Crippen molar-refractivity contribution < 1.29 is 13.6 Å². The molecule has 0 unspecified atom stereocenters. The van der Waals surface area contributed by atoms with E-state index in [0.717, 1.165) is 17.0 Å². The predicted octanol–water partition coefficient (Wildman–Crippen LogP) is 4.67. The molecule has 0 saturated carbocycles. The van der Waals surface area contributed by atoms with E-state index in [-0.39, 0.29) is 17.5 Å². The number of aromatic nitrogens is 3. The smallest absolute Gasteiger partial charge is 0.235 e. The number of hydrogen-bond acceptors (Lipinski definition) is 5. The first-order valence-corrected chi connectivity index (χ1v) is 10.8. The van der Waals surface area contributed by atoms with Crippen molar-refractivity contribution in [1.82, 2.24) is 14.1 Å². The maximum atomic E-state index is 13.6. The monoisotopic (exact) mass is 449 g/mol. The van der Waals surface area contributed by atoms with Gasteiger partial charge in [-0.25, -0.2) is 9.37 Å². The van der Waals surface area contributed by atoms with Gasteiger partial charge in [0.25, 0.3) is 0 Å². The fraction of sp³-hybridized carbons (Fsp3) is 0.174. The maximum absolute atomic E-state index is 13.6. The second-order valence-corrected chi connectivity index (χ2v) is 8.05. The van der Waals surface area contributed by atoms with Crippen LogP contribution in [0.3, 0.4) is 0 Å². The second-order valence-electron chi connectivity index (χ2n) is 7.11. The van der Waals surface area contributed by atoms with Crippen molar-refractivity contribution >= 4 is 23.5 Å². The first-order chi connectivity index (χ1) is 15.5. The molecule has 1 amide bonds. The van der Waals surface area contributed by atoms with E-state index in [0.29, 0.717) is 28.8 Å². The highest BCUT2D eigenvalue weighted by molar-refractivity contribution is 7.99. The minimum Gasteiger partial charge on any atom is -0.467 e. The van der Waals surface area contributed by atoms with E-state index in [1.165, 1.54) is 23.9 Å². The average Bonchev–Trinajstić information content (AvgIpc) is 3.51. The Morgan fingerprint density at radius 1 is 1.31 bits per heavy atom. The van der Waals surface area contributed by atoms with Gasteiger partial charge >= 0.3 is 0 Å². The van der Waals surface area contributed by atoms with Crippen molar-refractivity contribution in [2.45, 2.75) is 25.5 Å². The Morgan fingerprint density at radius 2 is 2.16 bits per heavy atom. The number of anilines is 1. The van der Waals surface area contributed by atoms with E-state index >= 15 is 0 Å². The van der Waals surface area contributed by atoms with Crippen LogP contribution in [-0.4, -0.2) is 25.8 Å². The Bertz CT molecular complexity index is 1300. The summed E-state index contributed by atoms with van der Waals surface area (Å²) in [6.45, 7) is 4.15. The minimum absolute atomic E-state index is 0.0707. The van der Waals surface area contributed by atoms with Crippen LogP contribution in [0.1, 0.15) is 22.6 Å². The largest absolute Gasteiger partial charge is 0.467 e. The fourth-order valence-electron chi connectivity index (χ4n) is 3.40. The van der Waals surface area contributed by atoms with Gasteiger partial charge in [-0.15, -0.1) is 0 Å². The molecule has 4 rings (SSSR count). The van der Waals surface area contributed by atoms with Crippen LogP contribution in [0.5, 0.6) is 0 Å². The van der Waals surface area contributed by atoms with E-state index in [2.05, 4.69) is 16.4 Å². The highest BCUT2D eigenvalue weighted by Crippen LogP contribution is 2.28. The standard InChI is InChI=1S/C23H20FN5O2S/c1-15-16(2)29(13-19-7-4-10-31-19)22(20(15)12-25)27-21(30)14-32-23-26-8-9-28(23)18-6-3-5-17(24)11-18/h3-11H,13-14H2,1-2H3,(H,27,30). The van der Waals surface area contributed by atoms with Gasteiger partial charge in [0.05, 0.1) is 29.8 Å². The summed E-state index contributed by atoms with van der Waals surface area (Å²) in [6, 6.07) is 12.0. The van der Waals surface area contributed by atoms with E-state index in [1.54, 1.807) is 41.4 Å². The van der Waals surface area contributed by atoms with Crippen LogP contribution in [0.25, 0.3) is 5.69 Å². The van der Waals surface area contributed by atoms with Crippen molar-refractivity contribution in [2.75, 3.05) is 11.1 Å². The molecule has 162 valence electrons. The van der Waals surface area contributed by atoms with Gasteiger partial charge in [0, 0.05) is 18.1 Å². The van der Waals surface area contributed by atoms with Gasteiger partial charge in [0.15, 0.2) is 5.16 Å². The molecule has 1 N–H and O–H groups in total. The summed E-state index contributed by atoms with van der Waals surface area (Å²) in [6.07, 6.45) is 4.89. The van der Waals surface area contributed by atoms with E-state index in [1.807, 2.05) is 24.5 Å². The van der Waals surface area contributed by atoms with Crippen LogP contribution in [0, 0.1) is 31.0 Å². The first-order valence-electron chi connectivity index (χ1n) is 9.82. The molecule has 0 radical (unpaired) electrons. The van der Waals surface area contributed by atoms with Gasteiger partial charge in [-0.2, -0.15) is 5.26 Å². The third-order valence-corrected chi connectivity index (χ3v) is 6.09. The number of amides is 1. The van der Waals surface area contributed by atoms with Gasteiger partial charge in [0.2, 0.25) is 5.91 Å². The Kier molecular flexibility index (Phi) is 6.14. The number of nitriles is 1. The number of hydrogen-bond donors (Lipinski definition) is 1. The average molecular weight is 450 g/mol. The summed E-state index contributed by atoms with van der Waals surface area (Å²) in [4.78, 5) is 17.1. The molecular weight excluding hydrogens is 429 g/mol. The van der Waals surface area contributed by atoms with E-state index < -0.39 is 0 Å². The molecule has 0 saturated heterocycles. The van der Waals surface area contributed by atoms with Crippen molar-refractivity contribution in [3.63, 3.8) is 0 Å². The summed E-state index contributed by atoms with van der Waals surface area (Å²) >= 11 is 1.22. The number of carbonyl (C=O) groups excluding carboxylic acids is 1. The molecular formula is C23H20FN5O2S. The molecule has 0 spiro atoms. The van der Waals surface area contributed by atoms with Crippen LogP contribution >= 0.6 is 11.8 Å². The summed E-state index contributed by atoms with van der Waals surface area (Å²) < 4.78 is 22.6. The fourth-order valence-corrected chi connectivity index (χ4v) is 4.18. The van der Waals surface area contributed by atoms with Gasteiger partial charge in [-0.3, -0.25) is 9.36 Å². The number of thioether (sulfide) groups is 1. The lowest BCUT2D eigenvalue weighted by Crippen LogP contribution is -2.18. The third kappa shape index (κ3) is 4.31. The van der Waals surface area contributed by atoms with Gasteiger partial charge in [0.1, 0.15) is 23.5 Å². The number of imidazole rings is 1. The highest BCUT2D eigenvalue weighted by Gasteiger charge is 2.21. The van der Waals surface area contributed by atoms with Gasteiger partial charge in [-0.1, -0.05) is 17.8 Å². The topological polar surface area (TPSA) is 88.8 Å². The van der Waals surface area contributed by atoms with Crippen molar-refractivity contribution in [2.24, 2.45) is 0 Å². The lowest BCUT2D eigenvalue weighted by molar-refractivity contribution is -0.113. The first kappa shape index (κ1) is 21.5. The van der Waals surface area contributed by atoms with Crippen LogP contribution in [-0.2, 0) is 11.3 Å². The number of rotatable bonds is 7. The Labute approximate surface area is 188 Å². The molecule has 9 heteroatoms. The molecule has 32 heavy (non-hydrogen) atoms. The number of furan rings is 1. The van der Waals surface area contributed by atoms with Crippen LogP contribution in [0.4, 0.5) is 10.2 Å². The molecule has 1 aromatic carbocycles. The maximum Gasteiger partial charge on any atom is 0.235 e.